The maximum absolute atomic E-state index is 3.32. The van der Waals surface area contributed by atoms with Crippen molar-refractivity contribution in [2.45, 2.75) is 12.8 Å². The molecule has 0 aromatic carbocycles. The summed E-state index contributed by atoms with van der Waals surface area (Å²) < 4.78 is 0. The normalized spacial score (nSPS) is 11.8. The number of rotatable bonds is 5. The Hall–Kier alpha value is 0.440. The summed E-state index contributed by atoms with van der Waals surface area (Å²) in [5.41, 5.74) is 0. The predicted molar refractivity (Wildman–Crippen MR) is 55.1 cm³/mol. The molecule has 0 atom stereocenters. The SMILES string of the molecule is BrCC=CCCC=CCBr. The van der Waals surface area contributed by atoms with Crippen molar-refractivity contribution in [3.63, 3.8) is 0 Å². The van der Waals surface area contributed by atoms with Crippen LogP contribution in [-0.4, -0.2) is 10.7 Å². The van der Waals surface area contributed by atoms with Crippen LogP contribution < -0.4 is 0 Å². The van der Waals surface area contributed by atoms with Gasteiger partial charge in [-0.15, -0.1) is 0 Å². The van der Waals surface area contributed by atoms with Crippen LogP contribution in [-0.2, 0) is 0 Å². The van der Waals surface area contributed by atoms with E-state index < -0.39 is 0 Å². The van der Waals surface area contributed by atoms with Crippen LogP contribution in [0.5, 0.6) is 0 Å². The molecule has 0 nitrogen and oxygen atoms in total. The molecule has 0 amide bonds. The minimum Gasteiger partial charge on any atom is -0.0883 e. The van der Waals surface area contributed by atoms with Gasteiger partial charge in [0.05, 0.1) is 0 Å². The molecule has 0 radical (unpaired) electrons. The van der Waals surface area contributed by atoms with E-state index in [0.29, 0.717) is 0 Å². The van der Waals surface area contributed by atoms with Gasteiger partial charge in [-0.1, -0.05) is 56.2 Å². The van der Waals surface area contributed by atoms with Gasteiger partial charge in [-0.25, -0.2) is 0 Å². The molecule has 0 aliphatic heterocycles. The van der Waals surface area contributed by atoms with Crippen LogP contribution in [0.4, 0.5) is 0 Å². The summed E-state index contributed by atoms with van der Waals surface area (Å²) in [5, 5.41) is 1.93. The molecule has 0 heterocycles. The van der Waals surface area contributed by atoms with E-state index in [1.54, 1.807) is 0 Å². The van der Waals surface area contributed by atoms with Gasteiger partial charge in [0, 0.05) is 10.7 Å². The highest BCUT2D eigenvalue weighted by Gasteiger charge is 1.74. The van der Waals surface area contributed by atoms with Crippen molar-refractivity contribution in [3.8, 4) is 0 Å². The molecule has 0 aliphatic carbocycles. The summed E-state index contributed by atoms with van der Waals surface area (Å²) in [7, 11) is 0. The second-order valence-corrected chi connectivity index (χ2v) is 3.12. The molecule has 0 fully saturated rings. The molecule has 0 unspecified atom stereocenters. The van der Waals surface area contributed by atoms with E-state index in [1.807, 2.05) is 0 Å². The van der Waals surface area contributed by atoms with Crippen LogP contribution >= 0.6 is 31.9 Å². The minimum atomic E-state index is 0.967. The lowest BCUT2D eigenvalue weighted by atomic mass is 10.3. The molecule has 0 aliphatic rings. The summed E-state index contributed by atoms with van der Waals surface area (Å²) in [6, 6.07) is 0. The molecular formula is C8H12Br2. The van der Waals surface area contributed by atoms with Crippen molar-refractivity contribution in [3.05, 3.63) is 24.3 Å². The van der Waals surface area contributed by atoms with Gasteiger partial charge in [-0.3, -0.25) is 0 Å². The molecule has 0 saturated carbocycles. The summed E-state index contributed by atoms with van der Waals surface area (Å²) in [6.07, 6.45) is 10.9. The average Bonchev–Trinajstić information content (AvgIpc) is 1.97. The Balaban J connectivity index is 3.04. The fourth-order valence-corrected chi connectivity index (χ4v) is 1.08. The van der Waals surface area contributed by atoms with Crippen molar-refractivity contribution in [1.82, 2.24) is 0 Å². The second kappa shape index (κ2) is 9.44. The third kappa shape index (κ3) is 8.44. The zero-order valence-corrected chi connectivity index (χ0v) is 9.07. The smallest absolute Gasteiger partial charge is 0.0212 e. The molecule has 0 rings (SSSR count). The lowest BCUT2D eigenvalue weighted by molar-refractivity contribution is 1.05. The van der Waals surface area contributed by atoms with Crippen molar-refractivity contribution >= 4 is 31.9 Å². The standard InChI is InChI=1S/C8H12Br2/c9-7-5-3-1-2-4-6-8-10/h3-6H,1-2,7-8H2. The maximum Gasteiger partial charge on any atom is 0.0212 e. The fourth-order valence-electron chi connectivity index (χ4n) is 0.554. The van der Waals surface area contributed by atoms with Crippen molar-refractivity contribution in [1.29, 1.82) is 0 Å². The van der Waals surface area contributed by atoms with Gasteiger partial charge in [0.1, 0.15) is 0 Å². The Labute approximate surface area is 79.6 Å². The number of alkyl halides is 2. The van der Waals surface area contributed by atoms with Gasteiger partial charge in [0.15, 0.2) is 0 Å². The summed E-state index contributed by atoms with van der Waals surface area (Å²) >= 11 is 6.64. The monoisotopic (exact) mass is 266 g/mol. The van der Waals surface area contributed by atoms with Gasteiger partial charge in [-0.2, -0.15) is 0 Å². The maximum atomic E-state index is 3.32. The molecular weight excluding hydrogens is 256 g/mol. The van der Waals surface area contributed by atoms with Gasteiger partial charge in [-0.05, 0) is 12.8 Å². The molecule has 0 spiro atoms. The van der Waals surface area contributed by atoms with E-state index in [-0.39, 0.29) is 0 Å². The van der Waals surface area contributed by atoms with Crippen molar-refractivity contribution in [2.24, 2.45) is 0 Å². The molecule has 0 aromatic rings. The first kappa shape index (κ1) is 10.4. The van der Waals surface area contributed by atoms with Crippen LogP contribution in [0.2, 0.25) is 0 Å². The van der Waals surface area contributed by atoms with Gasteiger partial charge in [0.2, 0.25) is 0 Å². The zero-order valence-electron chi connectivity index (χ0n) is 5.89. The summed E-state index contributed by atoms with van der Waals surface area (Å²) in [6.45, 7) is 0. The van der Waals surface area contributed by atoms with Gasteiger partial charge in [0.25, 0.3) is 0 Å². The molecule has 0 bridgehead atoms. The predicted octanol–water partition coefficient (Wildman–Crippen LogP) is 3.67. The molecule has 0 aromatic heterocycles. The van der Waals surface area contributed by atoms with Crippen LogP contribution in [0, 0.1) is 0 Å². The lowest BCUT2D eigenvalue weighted by Gasteiger charge is -1.84. The third-order valence-electron chi connectivity index (χ3n) is 1.01. The topological polar surface area (TPSA) is 0 Å². The quantitative estimate of drug-likeness (QED) is 0.405. The van der Waals surface area contributed by atoms with Crippen LogP contribution in [0.25, 0.3) is 0 Å². The Bertz CT molecular complexity index is 91.8. The Morgan fingerprint density at radius 2 is 1.10 bits per heavy atom. The fraction of sp³-hybridized carbons (Fsp3) is 0.500. The van der Waals surface area contributed by atoms with Gasteiger partial charge < -0.3 is 0 Å². The lowest BCUT2D eigenvalue weighted by Crippen LogP contribution is -1.66. The molecule has 10 heavy (non-hydrogen) atoms. The second-order valence-electron chi connectivity index (χ2n) is 1.83. The number of unbranched alkanes of at least 4 members (excludes halogenated alkanes) is 1. The highest BCUT2D eigenvalue weighted by atomic mass is 79.9. The Morgan fingerprint density at radius 1 is 0.700 bits per heavy atom. The first-order valence-electron chi connectivity index (χ1n) is 3.33. The summed E-state index contributed by atoms with van der Waals surface area (Å²) in [4.78, 5) is 0. The molecule has 0 N–H and O–H groups in total. The number of halogens is 2. The molecule has 58 valence electrons. The highest BCUT2D eigenvalue weighted by molar-refractivity contribution is 9.09. The van der Waals surface area contributed by atoms with Crippen LogP contribution in [0.1, 0.15) is 12.8 Å². The van der Waals surface area contributed by atoms with E-state index >= 15 is 0 Å². The number of allylic oxidation sites excluding steroid dienone is 4. The average molecular weight is 268 g/mol. The first-order chi connectivity index (χ1) is 4.91. The van der Waals surface area contributed by atoms with Crippen LogP contribution in [0.15, 0.2) is 24.3 Å². The van der Waals surface area contributed by atoms with Crippen molar-refractivity contribution < 1.29 is 0 Å². The van der Waals surface area contributed by atoms with E-state index in [4.69, 9.17) is 0 Å². The number of hydrogen-bond donors (Lipinski definition) is 0. The van der Waals surface area contributed by atoms with E-state index in [2.05, 4.69) is 56.2 Å². The first-order valence-corrected chi connectivity index (χ1v) is 5.58. The molecule has 0 saturated heterocycles. The van der Waals surface area contributed by atoms with Gasteiger partial charge >= 0.3 is 0 Å². The minimum absolute atomic E-state index is 0.967. The van der Waals surface area contributed by atoms with Crippen LogP contribution in [0.3, 0.4) is 0 Å². The highest BCUT2D eigenvalue weighted by Crippen LogP contribution is 1.94. The van der Waals surface area contributed by atoms with E-state index in [0.717, 1.165) is 23.5 Å². The Morgan fingerprint density at radius 3 is 1.40 bits per heavy atom. The number of hydrogen-bond acceptors (Lipinski definition) is 0. The van der Waals surface area contributed by atoms with E-state index in [9.17, 15) is 0 Å². The Kier molecular flexibility index (Phi) is 9.86. The van der Waals surface area contributed by atoms with Crippen molar-refractivity contribution in [2.75, 3.05) is 10.7 Å². The van der Waals surface area contributed by atoms with E-state index in [1.165, 1.54) is 0 Å². The molecule has 2 heteroatoms. The zero-order chi connectivity index (χ0) is 7.66. The summed E-state index contributed by atoms with van der Waals surface area (Å²) in [5.74, 6) is 0. The third-order valence-corrected chi connectivity index (χ3v) is 1.76. The largest absolute Gasteiger partial charge is 0.0883 e.